The van der Waals surface area contributed by atoms with E-state index in [4.69, 9.17) is 28.4 Å². The van der Waals surface area contributed by atoms with Crippen LogP contribution in [-0.4, -0.2) is 144 Å². The smallest absolute Gasteiger partial charge is 0.311 e. The van der Waals surface area contributed by atoms with Gasteiger partial charge in [0.05, 0.1) is 35.9 Å². The van der Waals surface area contributed by atoms with Crippen LogP contribution in [-0.2, 0) is 33.2 Å². The monoisotopic (exact) mass is 733 g/mol. The van der Waals surface area contributed by atoms with Crippen molar-refractivity contribution in [1.29, 1.82) is 0 Å². The third kappa shape index (κ3) is 10.2. The number of nitrogens with zero attached hydrogens (tertiary/aromatic N) is 1. The first kappa shape index (κ1) is 44.4. The molecule has 3 heterocycles. The summed E-state index contributed by atoms with van der Waals surface area (Å²) in [5.41, 5.74) is -3.27. The van der Waals surface area contributed by atoms with Gasteiger partial charge >= 0.3 is 5.97 Å². The number of hydrogen-bond acceptors (Lipinski definition) is 13. The van der Waals surface area contributed by atoms with Gasteiger partial charge in [0.2, 0.25) is 0 Å². The lowest BCUT2D eigenvalue weighted by Crippen LogP contribution is -2.59. The van der Waals surface area contributed by atoms with Gasteiger partial charge in [0.1, 0.15) is 30.0 Å². The summed E-state index contributed by atoms with van der Waals surface area (Å²) >= 11 is 0. The average molecular weight is 733 g/mol. The van der Waals surface area contributed by atoms with Crippen LogP contribution in [0, 0.1) is 23.2 Å². The van der Waals surface area contributed by atoms with Crippen molar-refractivity contribution < 1.29 is 53.6 Å². The van der Waals surface area contributed by atoms with E-state index in [0.717, 1.165) is 0 Å². The number of esters is 1. The third-order valence-electron chi connectivity index (χ3n) is 12.0. The van der Waals surface area contributed by atoms with Crippen molar-refractivity contribution in [3.8, 4) is 0 Å². The number of rotatable bonds is 7. The Morgan fingerprint density at radius 3 is 2.14 bits per heavy atom. The van der Waals surface area contributed by atoms with E-state index in [9.17, 15) is 25.2 Å². The first-order chi connectivity index (χ1) is 23.5. The molecule has 3 unspecified atom stereocenters. The molecule has 13 nitrogen and oxygen atoms in total. The minimum atomic E-state index is -1.75. The van der Waals surface area contributed by atoms with Gasteiger partial charge in [-0.3, -0.25) is 4.79 Å². The number of cyclic esters (lactones) is 1. The summed E-state index contributed by atoms with van der Waals surface area (Å²) < 4.78 is 38.0. The molecule has 0 amide bonds. The van der Waals surface area contributed by atoms with Gasteiger partial charge in [0, 0.05) is 31.5 Å². The van der Waals surface area contributed by atoms with Crippen molar-refractivity contribution in [2.24, 2.45) is 23.2 Å². The minimum Gasteiger partial charge on any atom is -0.459 e. The fourth-order valence-corrected chi connectivity index (χ4v) is 8.74. The molecule has 5 N–H and O–H groups in total. The first-order valence-corrected chi connectivity index (χ1v) is 19.0. The van der Waals surface area contributed by atoms with Gasteiger partial charge in [-0.05, 0) is 92.8 Å². The molecule has 3 fully saturated rings. The quantitative estimate of drug-likeness (QED) is 0.243. The molecule has 0 aromatic heterocycles. The Balaban J connectivity index is 2.15. The van der Waals surface area contributed by atoms with Gasteiger partial charge in [0.25, 0.3) is 0 Å². The van der Waals surface area contributed by atoms with Gasteiger partial charge in [-0.25, -0.2) is 0 Å². The molecule has 0 saturated carbocycles. The van der Waals surface area contributed by atoms with Gasteiger partial charge < -0.3 is 59.1 Å². The summed E-state index contributed by atoms with van der Waals surface area (Å²) in [4.78, 5) is 16.2. The van der Waals surface area contributed by atoms with E-state index in [2.05, 4.69) is 26.1 Å². The summed E-state index contributed by atoms with van der Waals surface area (Å²) in [6.07, 6.45) is -6.37. The predicted molar refractivity (Wildman–Crippen MR) is 193 cm³/mol. The van der Waals surface area contributed by atoms with Crippen LogP contribution < -0.4 is 5.32 Å². The lowest BCUT2D eigenvalue weighted by molar-refractivity contribution is -0.313. The highest BCUT2D eigenvalue weighted by atomic mass is 16.7. The Morgan fingerprint density at radius 1 is 0.941 bits per heavy atom. The Hall–Kier alpha value is -0.970. The van der Waals surface area contributed by atoms with Crippen molar-refractivity contribution in [3.63, 3.8) is 0 Å². The molecule has 0 aromatic carbocycles. The summed E-state index contributed by atoms with van der Waals surface area (Å²) in [5.74, 6) is -1.91. The van der Waals surface area contributed by atoms with Crippen LogP contribution in [0.2, 0.25) is 0 Å². The number of ether oxygens (including phenoxy) is 6. The lowest BCUT2D eigenvalue weighted by atomic mass is 9.71. The maximum Gasteiger partial charge on any atom is 0.311 e. The van der Waals surface area contributed by atoms with Crippen LogP contribution in [0.1, 0.15) is 102 Å². The number of likely N-dealkylation sites (N-methyl/N-ethyl adjacent to an activating group) is 1. The molecular formula is C38H72N2O11. The number of aliphatic hydroxyl groups is 4. The van der Waals surface area contributed by atoms with E-state index >= 15 is 0 Å². The second kappa shape index (κ2) is 17.7. The Morgan fingerprint density at radius 2 is 1.57 bits per heavy atom. The zero-order chi connectivity index (χ0) is 38.8. The van der Waals surface area contributed by atoms with Crippen LogP contribution in [0.15, 0.2) is 0 Å². The zero-order valence-corrected chi connectivity index (χ0v) is 33.8. The molecule has 17 atom stereocenters. The minimum absolute atomic E-state index is 0.0942. The average Bonchev–Trinajstić information content (AvgIpc) is 3.05. The van der Waals surface area contributed by atoms with Gasteiger partial charge in [-0.1, -0.05) is 34.6 Å². The number of hydrogen-bond donors (Lipinski definition) is 5. The predicted octanol–water partition coefficient (Wildman–Crippen LogP) is 2.83. The highest BCUT2D eigenvalue weighted by Gasteiger charge is 2.51. The lowest BCUT2D eigenvalue weighted by Gasteiger charge is -2.49. The third-order valence-corrected chi connectivity index (χ3v) is 12.0. The number of methoxy groups -OCH3 is 1. The topological polar surface area (TPSA) is 169 Å². The molecule has 13 heteroatoms. The van der Waals surface area contributed by atoms with Crippen LogP contribution >= 0.6 is 0 Å². The summed E-state index contributed by atoms with van der Waals surface area (Å²) in [7, 11) is 5.40. The van der Waals surface area contributed by atoms with Crippen molar-refractivity contribution in [2.75, 3.05) is 27.7 Å². The highest BCUT2D eigenvalue weighted by Crippen LogP contribution is 2.43. The SMILES string of the molecule is CC[C@H]1OC(=O)[C@H](C)[C@@H](OC2C[C@@](C)(OC)[C@@H](O)[C@H](C)O2)[C@H](C)[C@@H](OC2O[C@H](C)CC(N(C)C)[C@H]2O)C(C)(C)C[C@@H](C)CN[C@H](C)[C@@H](O)[C@]1(C)O. The van der Waals surface area contributed by atoms with Crippen LogP contribution in [0.5, 0.6) is 0 Å². The summed E-state index contributed by atoms with van der Waals surface area (Å²) in [6.45, 7) is 21.2. The van der Waals surface area contributed by atoms with Crippen molar-refractivity contribution >= 4 is 5.97 Å². The largest absolute Gasteiger partial charge is 0.459 e. The van der Waals surface area contributed by atoms with Crippen molar-refractivity contribution in [2.45, 2.75) is 187 Å². The molecule has 3 aliphatic heterocycles. The second-order valence-electron chi connectivity index (χ2n) is 17.3. The molecule has 51 heavy (non-hydrogen) atoms. The Labute approximate surface area is 307 Å². The molecule has 0 aromatic rings. The molecule has 0 spiro atoms. The maximum atomic E-state index is 14.2. The molecule has 0 radical (unpaired) electrons. The summed E-state index contributed by atoms with van der Waals surface area (Å²) in [5, 5.41) is 48.9. The Bertz CT molecular complexity index is 1110. The fourth-order valence-electron chi connectivity index (χ4n) is 8.74. The van der Waals surface area contributed by atoms with Crippen LogP contribution in [0.25, 0.3) is 0 Å². The summed E-state index contributed by atoms with van der Waals surface area (Å²) in [6, 6.07) is -0.695. The van der Waals surface area contributed by atoms with E-state index in [1.807, 2.05) is 39.8 Å². The van der Waals surface area contributed by atoms with Crippen molar-refractivity contribution in [1.82, 2.24) is 10.2 Å². The van der Waals surface area contributed by atoms with Gasteiger partial charge in [0.15, 0.2) is 12.6 Å². The maximum absolute atomic E-state index is 14.2. The molecular weight excluding hydrogens is 660 g/mol. The standard InChI is InChI=1S/C38H72N2O11/c1-15-27-38(11,45)31(42)24(6)39-19-20(2)17-36(8,9)33(51-35-29(41)26(40(12)13)16-21(3)47-35)22(4)30(23(5)34(44)49-27)50-28-18-37(10,46-14)32(43)25(7)48-28/h20-33,35,39,41-43,45H,15-19H2,1-14H3/t20-,21-,22+,23-,24-,25+,26?,27-,28?,29-,30+,31-,32+,33-,35?,37-,38-/m1/s1. The molecule has 3 rings (SSSR count). The van der Waals surface area contributed by atoms with Crippen LogP contribution in [0.3, 0.4) is 0 Å². The molecule has 300 valence electrons. The number of carbonyl (C=O) groups is 1. The van der Waals surface area contributed by atoms with E-state index in [1.165, 1.54) is 14.0 Å². The highest BCUT2D eigenvalue weighted by molar-refractivity contribution is 5.73. The second-order valence-corrected chi connectivity index (χ2v) is 17.3. The molecule has 3 aliphatic rings. The van der Waals surface area contributed by atoms with E-state index in [0.29, 0.717) is 19.4 Å². The normalized spacial score (nSPS) is 48.1. The van der Waals surface area contributed by atoms with E-state index in [-0.39, 0.29) is 30.9 Å². The fraction of sp³-hybridized carbons (Fsp3) is 0.974. The van der Waals surface area contributed by atoms with E-state index < -0.39 is 95.8 Å². The number of nitrogens with one attached hydrogen (secondary N) is 1. The molecule has 3 saturated heterocycles. The number of aliphatic hydroxyl groups excluding tert-OH is 3. The zero-order valence-electron chi connectivity index (χ0n) is 33.8. The van der Waals surface area contributed by atoms with Gasteiger partial charge in [-0.2, -0.15) is 0 Å². The molecule has 0 aliphatic carbocycles. The van der Waals surface area contributed by atoms with Gasteiger partial charge in [-0.15, -0.1) is 0 Å². The van der Waals surface area contributed by atoms with Crippen molar-refractivity contribution in [3.05, 3.63) is 0 Å². The first-order valence-electron chi connectivity index (χ1n) is 19.0. The Kier molecular flexibility index (Phi) is 15.4. The van der Waals surface area contributed by atoms with E-state index in [1.54, 1.807) is 27.7 Å². The van der Waals surface area contributed by atoms with Crippen LogP contribution in [0.4, 0.5) is 0 Å². The number of carbonyl (C=O) groups excluding carboxylic acids is 1. The molecule has 0 bridgehead atoms.